The molecule has 0 amide bonds. The van der Waals surface area contributed by atoms with Crippen molar-refractivity contribution < 1.29 is 4.74 Å². The van der Waals surface area contributed by atoms with Crippen molar-refractivity contribution in [3.63, 3.8) is 0 Å². The largest absolute Gasteiger partial charge is 0.385 e. The molecule has 0 bridgehead atoms. The predicted octanol–water partition coefficient (Wildman–Crippen LogP) is 0.834. The van der Waals surface area contributed by atoms with Gasteiger partial charge < -0.3 is 15.4 Å². The maximum absolute atomic E-state index is 5.85. The zero-order valence-corrected chi connectivity index (χ0v) is 8.83. The van der Waals surface area contributed by atoms with E-state index in [1.54, 1.807) is 7.11 Å². The number of ether oxygens (including phenoxy) is 1. The molecule has 0 aromatic rings. The van der Waals surface area contributed by atoms with Crippen LogP contribution in [0, 0.1) is 0 Å². The summed E-state index contributed by atoms with van der Waals surface area (Å²) in [5.74, 6) is 0. The van der Waals surface area contributed by atoms with Gasteiger partial charge in [0.05, 0.1) is 0 Å². The molecule has 0 spiro atoms. The Bertz CT molecular complexity index is 133. The summed E-state index contributed by atoms with van der Waals surface area (Å²) < 4.78 is 5.07. The van der Waals surface area contributed by atoms with E-state index in [0.29, 0.717) is 12.1 Å². The Morgan fingerprint density at radius 3 is 2.62 bits per heavy atom. The monoisotopic (exact) mass is 186 g/mol. The van der Waals surface area contributed by atoms with Crippen molar-refractivity contribution >= 4 is 0 Å². The van der Waals surface area contributed by atoms with Crippen molar-refractivity contribution in [1.82, 2.24) is 4.90 Å². The standard InChI is InChI=1S/C10H22N2O/c1-9(5-8-13-2)12-6-3-10(11)4-7-12/h9-10H,3-8,11H2,1-2H3. The highest BCUT2D eigenvalue weighted by Crippen LogP contribution is 2.13. The second-order valence-electron chi connectivity index (χ2n) is 4.00. The molecule has 0 radical (unpaired) electrons. The highest BCUT2D eigenvalue weighted by Gasteiger charge is 2.19. The maximum Gasteiger partial charge on any atom is 0.0477 e. The predicted molar refractivity (Wildman–Crippen MR) is 54.7 cm³/mol. The van der Waals surface area contributed by atoms with Gasteiger partial charge in [-0.1, -0.05) is 0 Å². The molecule has 2 N–H and O–H groups in total. The Morgan fingerprint density at radius 1 is 1.46 bits per heavy atom. The molecule has 0 saturated carbocycles. The van der Waals surface area contributed by atoms with Crippen LogP contribution < -0.4 is 5.73 Å². The van der Waals surface area contributed by atoms with Gasteiger partial charge in [-0.05, 0) is 39.3 Å². The van der Waals surface area contributed by atoms with Gasteiger partial charge in [-0.25, -0.2) is 0 Å². The van der Waals surface area contributed by atoms with E-state index in [2.05, 4.69) is 11.8 Å². The van der Waals surface area contributed by atoms with Gasteiger partial charge in [-0.15, -0.1) is 0 Å². The third-order valence-corrected chi connectivity index (χ3v) is 2.94. The van der Waals surface area contributed by atoms with E-state index in [1.165, 1.54) is 0 Å². The zero-order chi connectivity index (χ0) is 9.68. The van der Waals surface area contributed by atoms with Crippen LogP contribution in [0.5, 0.6) is 0 Å². The molecule has 1 aliphatic heterocycles. The van der Waals surface area contributed by atoms with Crippen LogP contribution in [0.25, 0.3) is 0 Å². The van der Waals surface area contributed by atoms with Gasteiger partial charge in [0.1, 0.15) is 0 Å². The summed E-state index contributed by atoms with van der Waals surface area (Å²) >= 11 is 0. The summed E-state index contributed by atoms with van der Waals surface area (Å²) in [6.07, 6.45) is 3.43. The van der Waals surface area contributed by atoms with Crippen LogP contribution in [0.15, 0.2) is 0 Å². The molecule has 1 fully saturated rings. The molecule has 1 atom stereocenters. The number of likely N-dealkylation sites (tertiary alicyclic amines) is 1. The van der Waals surface area contributed by atoms with Gasteiger partial charge in [0.2, 0.25) is 0 Å². The molecule has 13 heavy (non-hydrogen) atoms. The van der Waals surface area contributed by atoms with E-state index in [1.807, 2.05) is 0 Å². The Morgan fingerprint density at radius 2 is 2.08 bits per heavy atom. The maximum atomic E-state index is 5.85. The van der Waals surface area contributed by atoms with Crippen molar-refractivity contribution in [1.29, 1.82) is 0 Å². The lowest BCUT2D eigenvalue weighted by Gasteiger charge is -2.34. The fourth-order valence-corrected chi connectivity index (χ4v) is 1.83. The van der Waals surface area contributed by atoms with E-state index < -0.39 is 0 Å². The topological polar surface area (TPSA) is 38.5 Å². The zero-order valence-electron chi connectivity index (χ0n) is 8.83. The molecular formula is C10H22N2O. The van der Waals surface area contributed by atoms with E-state index in [-0.39, 0.29) is 0 Å². The second-order valence-corrected chi connectivity index (χ2v) is 4.00. The Kier molecular flexibility index (Phi) is 4.70. The molecule has 3 heteroatoms. The molecule has 0 aliphatic carbocycles. The van der Waals surface area contributed by atoms with Crippen LogP contribution in [0.1, 0.15) is 26.2 Å². The number of methoxy groups -OCH3 is 1. The van der Waals surface area contributed by atoms with Crippen molar-refractivity contribution in [3.05, 3.63) is 0 Å². The van der Waals surface area contributed by atoms with Crippen LogP contribution in [-0.4, -0.2) is 43.8 Å². The Hall–Kier alpha value is -0.120. The summed E-state index contributed by atoms with van der Waals surface area (Å²) in [5, 5.41) is 0. The molecule has 3 nitrogen and oxygen atoms in total. The van der Waals surface area contributed by atoms with E-state index >= 15 is 0 Å². The molecule has 0 aromatic carbocycles. The number of nitrogens with zero attached hydrogens (tertiary/aromatic N) is 1. The Labute approximate surface area is 81.2 Å². The van der Waals surface area contributed by atoms with E-state index in [9.17, 15) is 0 Å². The smallest absolute Gasteiger partial charge is 0.0477 e. The van der Waals surface area contributed by atoms with Crippen molar-refractivity contribution in [3.8, 4) is 0 Å². The molecule has 0 aromatic heterocycles. The lowest BCUT2D eigenvalue weighted by atomic mass is 10.0. The number of hydrogen-bond acceptors (Lipinski definition) is 3. The van der Waals surface area contributed by atoms with E-state index in [0.717, 1.165) is 39.0 Å². The molecule has 78 valence electrons. The summed E-state index contributed by atoms with van der Waals surface area (Å²) in [6, 6.07) is 1.08. The summed E-state index contributed by atoms with van der Waals surface area (Å²) in [5.41, 5.74) is 5.85. The number of rotatable bonds is 4. The summed E-state index contributed by atoms with van der Waals surface area (Å²) in [4.78, 5) is 2.52. The van der Waals surface area contributed by atoms with Crippen molar-refractivity contribution in [2.75, 3.05) is 26.8 Å². The first-order chi connectivity index (χ1) is 6.24. The summed E-state index contributed by atoms with van der Waals surface area (Å²) in [6.45, 7) is 5.46. The van der Waals surface area contributed by atoms with Gasteiger partial charge in [0.25, 0.3) is 0 Å². The first kappa shape index (κ1) is 11.0. The molecular weight excluding hydrogens is 164 g/mol. The van der Waals surface area contributed by atoms with Gasteiger partial charge in [-0.3, -0.25) is 0 Å². The van der Waals surface area contributed by atoms with Crippen LogP contribution in [-0.2, 0) is 4.74 Å². The van der Waals surface area contributed by atoms with Crippen LogP contribution in [0.3, 0.4) is 0 Å². The second kappa shape index (κ2) is 5.58. The number of nitrogens with two attached hydrogens (primary N) is 1. The van der Waals surface area contributed by atoms with Gasteiger partial charge >= 0.3 is 0 Å². The average Bonchev–Trinajstić information content (AvgIpc) is 2.15. The van der Waals surface area contributed by atoms with Crippen LogP contribution >= 0.6 is 0 Å². The molecule has 1 heterocycles. The molecule has 1 unspecified atom stereocenters. The van der Waals surface area contributed by atoms with Gasteiger partial charge in [0.15, 0.2) is 0 Å². The third-order valence-electron chi connectivity index (χ3n) is 2.94. The van der Waals surface area contributed by atoms with E-state index in [4.69, 9.17) is 10.5 Å². The fourth-order valence-electron chi connectivity index (χ4n) is 1.83. The first-order valence-electron chi connectivity index (χ1n) is 5.22. The highest BCUT2D eigenvalue weighted by atomic mass is 16.5. The molecule has 1 rings (SSSR count). The first-order valence-corrected chi connectivity index (χ1v) is 5.22. The number of hydrogen-bond donors (Lipinski definition) is 1. The van der Waals surface area contributed by atoms with Crippen LogP contribution in [0.2, 0.25) is 0 Å². The molecule has 1 aliphatic rings. The molecule has 1 saturated heterocycles. The van der Waals surface area contributed by atoms with Gasteiger partial charge in [0, 0.05) is 25.8 Å². The van der Waals surface area contributed by atoms with Crippen molar-refractivity contribution in [2.45, 2.75) is 38.3 Å². The normalized spacial score (nSPS) is 23.3. The SMILES string of the molecule is COCCC(C)N1CCC(N)CC1. The quantitative estimate of drug-likeness (QED) is 0.707. The minimum absolute atomic E-state index is 0.436. The average molecular weight is 186 g/mol. The minimum Gasteiger partial charge on any atom is -0.385 e. The van der Waals surface area contributed by atoms with Crippen LogP contribution in [0.4, 0.5) is 0 Å². The lowest BCUT2D eigenvalue weighted by Crippen LogP contribution is -2.44. The van der Waals surface area contributed by atoms with Crippen molar-refractivity contribution in [2.24, 2.45) is 5.73 Å². The minimum atomic E-state index is 0.436. The summed E-state index contributed by atoms with van der Waals surface area (Å²) in [7, 11) is 1.76. The Balaban J connectivity index is 2.19. The fraction of sp³-hybridized carbons (Fsp3) is 1.00. The lowest BCUT2D eigenvalue weighted by molar-refractivity contribution is 0.118. The third kappa shape index (κ3) is 3.63. The number of piperidine rings is 1. The van der Waals surface area contributed by atoms with Gasteiger partial charge in [-0.2, -0.15) is 0 Å². The highest BCUT2D eigenvalue weighted by molar-refractivity contribution is 4.77.